The van der Waals surface area contributed by atoms with Gasteiger partial charge in [-0.25, -0.2) is 9.82 Å². The average Bonchev–Trinajstić information content (AvgIpc) is 3.24. The molecule has 2 aliphatic heterocycles. The Morgan fingerprint density at radius 3 is 3.00 bits per heavy atom. The van der Waals surface area contributed by atoms with Crippen molar-refractivity contribution in [2.24, 2.45) is 11.0 Å². The molecule has 1 aromatic heterocycles. The molecular weight excluding hydrogens is 365 g/mol. The fourth-order valence-corrected chi connectivity index (χ4v) is 3.47. The van der Waals surface area contributed by atoms with E-state index in [1.54, 1.807) is 30.0 Å². The summed E-state index contributed by atoms with van der Waals surface area (Å²) in [6.45, 7) is 2.63. The lowest BCUT2D eigenvalue weighted by Crippen LogP contribution is -2.36. The first-order chi connectivity index (χ1) is 13.5. The van der Waals surface area contributed by atoms with Gasteiger partial charge in [0, 0.05) is 25.1 Å². The normalized spacial score (nSPS) is 18.5. The molecule has 0 unspecified atom stereocenters. The van der Waals surface area contributed by atoms with E-state index >= 15 is 0 Å². The zero-order chi connectivity index (χ0) is 19.7. The van der Waals surface area contributed by atoms with Crippen molar-refractivity contribution in [2.45, 2.75) is 32.7 Å². The number of para-hydroxylation sites is 1. The summed E-state index contributed by atoms with van der Waals surface area (Å²) in [5, 5.41) is 10.8. The van der Waals surface area contributed by atoms with Crippen LogP contribution < -0.4 is 10.7 Å². The van der Waals surface area contributed by atoms with E-state index in [-0.39, 0.29) is 24.2 Å². The minimum atomic E-state index is -0.394. The summed E-state index contributed by atoms with van der Waals surface area (Å²) in [5.74, 6) is 0.155. The maximum Gasteiger partial charge on any atom is 0.248 e. The Balaban J connectivity index is 1.42. The molecule has 0 aliphatic carbocycles. The summed E-state index contributed by atoms with van der Waals surface area (Å²) in [7, 11) is 0. The van der Waals surface area contributed by atoms with Gasteiger partial charge in [-0.1, -0.05) is 17.3 Å². The summed E-state index contributed by atoms with van der Waals surface area (Å²) in [5.41, 5.74) is 4.18. The van der Waals surface area contributed by atoms with Gasteiger partial charge in [0.1, 0.15) is 11.6 Å². The number of carbonyl (C=O) groups excluding carboxylic acids is 2. The van der Waals surface area contributed by atoms with Gasteiger partial charge < -0.3 is 14.7 Å². The van der Waals surface area contributed by atoms with E-state index in [0.717, 1.165) is 5.56 Å². The van der Waals surface area contributed by atoms with Crippen LogP contribution in [0.15, 0.2) is 33.9 Å². The number of nitrogens with zero attached hydrogens (tertiary/aromatic N) is 3. The van der Waals surface area contributed by atoms with Gasteiger partial charge >= 0.3 is 0 Å². The highest BCUT2D eigenvalue weighted by molar-refractivity contribution is 6.07. The Bertz CT molecular complexity index is 955. The molecule has 0 radical (unpaired) electrons. The predicted octanol–water partition coefficient (Wildman–Crippen LogP) is 2.34. The van der Waals surface area contributed by atoms with Crippen molar-refractivity contribution in [1.82, 2.24) is 15.5 Å². The predicted molar refractivity (Wildman–Crippen MR) is 99.3 cm³/mol. The molecule has 2 N–H and O–H groups in total. The number of hydrogen-bond donors (Lipinski definition) is 2. The van der Waals surface area contributed by atoms with Crippen LogP contribution in [0.5, 0.6) is 0 Å². The molecule has 28 heavy (non-hydrogen) atoms. The van der Waals surface area contributed by atoms with E-state index in [1.807, 2.05) is 0 Å². The minimum Gasteiger partial charge on any atom is -0.359 e. The van der Waals surface area contributed by atoms with Gasteiger partial charge in [-0.2, -0.15) is 5.10 Å². The fourth-order valence-electron chi connectivity index (χ4n) is 3.47. The molecule has 0 saturated carbocycles. The van der Waals surface area contributed by atoms with Crippen LogP contribution in [-0.2, 0) is 22.6 Å². The highest BCUT2D eigenvalue weighted by atomic mass is 19.1. The Morgan fingerprint density at radius 2 is 2.25 bits per heavy atom. The van der Waals surface area contributed by atoms with Gasteiger partial charge in [0.2, 0.25) is 11.8 Å². The van der Waals surface area contributed by atoms with Gasteiger partial charge in [-0.3, -0.25) is 9.59 Å². The van der Waals surface area contributed by atoms with Crippen molar-refractivity contribution in [2.75, 3.05) is 11.9 Å². The number of carbonyl (C=O) groups is 2. The van der Waals surface area contributed by atoms with Crippen LogP contribution in [0.4, 0.5) is 15.9 Å². The lowest BCUT2D eigenvalue weighted by atomic mass is 9.98. The van der Waals surface area contributed by atoms with E-state index < -0.39 is 5.82 Å². The highest BCUT2D eigenvalue weighted by Crippen LogP contribution is 2.29. The molecule has 4 rings (SSSR count). The number of hydrazone groups is 1. The van der Waals surface area contributed by atoms with Crippen molar-refractivity contribution < 1.29 is 18.5 Å². The van der Waals surface area contributed by atoms with Crippen LogP contribution in [0.25, 0.3) is 0 Å². The van der Waals surface area contributed by atoms with Crippen molar-refractivity contribution in [3.8, 4) is 0 Å². The molecule has 1 aromatic carbocycles. The van der Waals surface area contributed by atoms with Crippen molar-refractivity contribution >= 4 is 29.0 Å². The summed E-state index contributed by atoms with van der Waals surface area (Å²) in [6, 6.07) is 6.29. The number of amides is 2. The SMILES string of the molecule is CC1=NNC(=O)[C@@H]1CCC(=O)N1CCc2onc(Nc3ccccc3F)c2C1. The number of benzene rings is 1. The van der Waals surface area contributed by atoms with Gasteiger partial charge in [-0.15, -0.1) is 0 Å². The van der Waals surface area contributed by atoms with E-state index in [1.165, 1.54) is 6.07 Å². The molecular formula is C19H20FN5O3. The van der Waals surface area contributed by atoms with E-state index in [4.69, 9.17) is 4.52 Å². The zero-order valence-corrected chi connectivity index (χ0v) is 15.4. The van der Waals surface area contributed by atoms with Gasteiger partial charge in [0.05, 0.1) is 23.7 Å². The monoisotopic (exact) mass is 385 g/mol. The second-order valence-electron chi connectivity index (χ2n) is 6.92. The molecule has 0 bridgehead atoms. The molecule has 8 nitrogen and oxygen atoms in total. The standard InChI is InChI=1S/C19H20FN5O3/c1-11-12(19(27)23-22-11)6-7-17(26)25-9-8-16-13(10-25)18(24-28-16)21-15-5-3-2-4-14(15)20/h2-5,12H,6-10H2,1H3,(H,21,24)(H,23,27)/t12-/m1/s1. The molecule has 0 spiro atoms. The molecule has 9 heteroatoms. The van der Waals surface area contributed by atoms with E-state index in [9.17, 15) is 14.0 Å². The second kappa shape index (κ2) is 7.41. The summed E-state index contributed by atoms with van der Waals surface area (Å²) >= 11 is 0. The maximum absolute atomic E-state index is 13.9. The highest BCUT2D eigenvalue weighted by Gasteiger charge is 2.30. The fraction of sp³-hybridized carbons (Fsp3) is 0.368. The Morgan fingerprint density at radius 1 is 1.43 bits per heavy atom. The maximum atomic E-state index is 13.9. The number of halogens is 1. The van der Waals surface area contributed by atoms with Crippen LogP contribution >= 0.6 is 0 Å². The number of aromatic nitrogens is 1. The first kappa shape index (κ1) is 18.1. The first-order valence-corrected chi connectivity index (χ1v) is 9.13. The Hall–Kier alpha value is -3.23. The lowest BCUT2D eigenvalue weighted by molar-refractivity contribution is -0.132. The molecule has 2 aliphatic rings. The second-order valence-corrected chi connectivity index (χ2v) is 6.92. The minimum absolute atomic E-state index is 0.0452. The quantitative estimate of drug-likeness (QED) is 0.823. The molecule has 146 valence electrons. The summed E-state index contributed by atoms with van der Waals surface area (Å²) < 4.78 is 19.3. The van der Waals surface area contributed by atoms with Crippen LogP contribution in [0, 0.1) is 11.7 Å². The molecule has 2 aromatic rings. The smallest absolute Gasteiger partial charge is 0.248 e. The lowest BCUT2D eigenvalue weighted by Gasteiger charge is -2.26. The Kier molecular flexibility index (Phi) is 4.81. The van der Waals surface area contributed by atoms with Gasteiger partial charge in [-0.05, 0) is 25.5 Å². The third kappa shape index (κ3) is 3.47. The van der Waals surface area contributed by atoms with Crippen LogP contribution in [0.2, 0.25) is 0 Å². The number of fused-ring (bicyclic) bond motifs is 1. The largest absolute Gasteiger partial charge is 0.359 e. The van der Waals surface area contributed by atoms with E-state index in [2.05, 4.69) is 21.0 Å². The zero-order valence-electron chi connectivity index (χ0n) is 15.4. The average molecular weight is 385 g/mol. The summed E-state index contributed by atoms with van der Waals surface area (Å²) in [6.07, 6.45) is 1.21. The molecule has 0 saturated heterocycles. The van der Waals surface area contributed by atoms with Gasteiger partial charge in [0.15, 0.2) is 5.82 Å². The van der Waals surface area contributed by atoms with Crippen LogP contribution in [0.1, 0.15) is 31.1 Å². The van der Waals surface area contributed by atoms with E-state index in [0.29, 0.717) is 48.9 Å². The summed E-state index contributed by atoms with van der Waals surface area (Å²) in [4.78, 5) is 26.1. The van der Waals surface area contributed by atoms with Crippen molar-refractivity contribution in [3.05, 3.63) is 41.4 Å². The van der Waals surface area contributed by atoms with Gasteiger partial charge in [0.25, 0.3) is 0 Å². The van der Waals surface area contributed by atoms with Crippen molar-refractivity contribution in [3.63, 3.8) is 0 Å². The Labute approximate surface area is 160 Å². The molecule has 0 fully saturated rings. The van der Waals surface area contributed by atoms with Crippen LogP contribution in [0.3, 0.4) is 0 Å². The van der Waals surface area contributed by atoms with Crippen molar-refractivity contribution in [1.29, 1.82) is 0 Å². The number of rotatable bonds is 5. The molecule has 3 heterocycles. The number of nitrogens with one attached hydrogen (secondary N) is 2. The number of hydrogen-bond acceptors (Lipinski definition) is 6. The molecule has 1 atom stereocenters. The third-order valence-electron chi connectivity index (χ3n) is 5.12. The first-order valence-electron chi connectivity index (χ1n) is 9.13. The number of anilines is 2. The topological polar surface area (TPSA) is 99.8 Å². The van der Waals surface area contributed by atoms with Crippen LogP contribution in [-0.4, -0.2) is 34.1 Å². The third-order valence-corrected chi connectivity index (χ3v) is 5.12. The molecule has 2 amide bonds.